The number of rotatable bonds is 8. The van der Waals surface area contributed by atoms with Crippen molar-refractivity contribution in [3.05, 3.63) is 108 Å². The molecule has 1 saturated heterocycles. The lowest BCUT2D eigenvalue weighted by Gasteiger charge is -2.38. The highest BCUT2D eigenvalue weighted by molar-refractivity contribution is 7.89. The van der Waals surface area contributed by atoms with E-state index in [0.717, 1.165) is 49.0 Å². The molecule has 37 heavy (non-hydrogen) atoms. The van der Waals surface area contributed by atoms with Crippen LogP contribution in [0.5, 0.6) is 0 Å². The highest BCUT2D eigenvalue weighted by atomic mass is 32.2. The predicted octanol–water partition coefficient (Wildman–Crippen LogP) is 5.00. The van der Waals surface area contributed by atoms with Crippen LogP contribution < -0.4 is 0 Å². The molecule has 188 valence electrons. The van der Waals surface area contributed by atoms with Gasteiger partial charge in [-0.3, -0.25) is 9.88 Å². The summed E-state index contributed by atoms with van der Waals surface area (Å²) in [5, 5.41) is 10.0. The highest BCUT2D eigenvalue weighted by Gasteiger charge is 2.34. The van der Waals surface area contributed by atoms with Crippen molar-refractivity contribution in [3.63, 3.8) is 0 Å². The summed E-state index contributed by atoms with van der Waals surface area (Å²) in [6.07, 6.45) is 3.81. The van der Waals surface area contributed by atoms with E-state index < -0.39 is 10.0 Å². The molecular formula is C30H30N4O2S. The molecular weight excluding hydrogens is 480 g/mol. The predicted molar refractivity (Wildman–Crippen MR) is 145 cm³/mol. The van der Waals surface area contributed by atoms with Crippen LogP contribution in [0.15, 0.2) is 96.0 Å². The minimum absolute atomic E-state index is 0.0885. The number of pyridine rings is 1. The van der Waals surface area contributed by atoms with Gasteiger partial charge in [0.1, 0.15) is 4.90 Å². The second-order valence-electron chi connectivity index (χ2n) is 9.50. The van der Waals surface area contributed by atoms with E-state index in [2.05, 4.69) is 16.0 Å². The molecule has 0 atom stereocenters. The molecule has 2 heterocycles. The summed E-state index contributed by atoms with van der Waals surface area (Å²) < 4.78 is 30.0. The third kappa shape index (κ3) is 5.72. The van der Waals surface area contributed by atoms with E-state index in [1.807, 2.05) is 72.8 Å². The number of hydrogen-bond acceptors (Lipinski definition) is 5. The van der Waals surface area contributed by atoms with Gasteiger partial charge in [-0.05, 0) is 54.7 Å². The number of para-hydroxylation sites is 1. The molecule has 3 aromatic carbocycles. The second-order valence-corrected chi connectivity index (χ2v) is 11.4. The Bertz CT molecular complexity index is 1500. The number of hydrogen-bond donors (Lipinski definition) is 0. The van der Waals surface area contributed by atoms with Crippen molar-refractivity contribution < 1.29 is 8.42 Å². The Morgan fingerprint density at radius 2 is 1.65 bits per heavy atom. The minimum Gasteiger partial charge on any atom is -0.299 e. The maximum Gasteiger partial charge on any atom is 0.245 e. The highest BCUT2D eigenvalue weighted by Crippen LogP contribution is 2.29. The van der Waals surface area contributed by atoms with Gasteiger partial charge in [0.2, 0.25) is 10.0 Å². The molecule has 0 N–H and O–H groups in total. The van der Waals surface area contributed by atoms with Gasteiger partial charge in [0.15, 0.2) is 0 Å². The molecule has 6 nitrogen and oxygen atoms in total. The fraction of sp³-hybridized carbons (Fsp3) is 0.267. The first kappa shape index (κ1) is 25.1. The van der Waals surface area contributed by atoms with Crippen LogP contribution in [0.2, 0.25) is 0 Å². The van der Waals surface area contributed by atoms with Gasteiger partial charge in [-0.2, -0.15) is 9.57 Å². The summed E-state index contributed by atoms with van der Waals surface area (Å²) in [5.74, 6) is 0. The zero-order valence-electron chi connectivity index (χ0n) is 20.7. The quantitative estimate of drug-likeness (QED) is 0.333. The van der Waals surface area contributed by atoms with Gasteiger partial charge in [0, 0.05) is 43.8 Å². The number of nitriles is 1. The number of nitrogens with zero attached hydrogens (tertiary/aromatic N) is 4. The van der Waals surface area contributed by atoms with Crippen molar-refractivity contribution >= 4 is 20.9 Å². The lowest BCUT2D eigenvalue weighted by Crippen LogP contribution is -2.48. The number of fused-ring (bicyclic) bond motifs is 1. The summed E-state index contributed by atoms with van der Waals surface area (Å²) in [4.78, 5) is 7.04. The molecule has 1 aliphatic rings. The zero-order valence-corrected chi connectivity index (χ0v) is 21.5. The molecule has 1 aliphatic heterocycles. The Balaban J connectivity index is 1.38. The summed E-state index contributed by atoms with van der Waals surface area (Å²) in [6.45, 7) is 2.77. The third-order valence-corrected chi connectivity index (χ3v) is 9.06. The van der Waals surface area contributed by atoms with Gasteiger partial charge in [-0.1, -0.05) is 60.7 Å². The van der Waals surface area contributed by atoms with Gasteiger partial charge >= 0.3 is 0 Å². The Hall–Kier alpha value is -3.57. The van der Waals surface area contributed by atoms with E-state index >= 15 is 0 Å². The van der Waals surface area contributed by atoms with Crippen molar-refractivity contribution in [2.75, 3.05) is 19.6 Å². The SMILES string of the molecule is N#Cc1cccc(CN2CCC(N(CCc3ccccc3)S(=O)(=O)c3cccc4cccnc34)CC2)c1. The van der Waals surface area contributed by atoms with Gasteiger partial charge in [-0.25, -0.2) is 8.42 Å². The number of benzene rings is 3. The van der Waals surface area contributed by atoms with Gasteiger partial charge in [0.05, 0.1) is 17.1 Å². The molecule has 1 fully saturated rings. The van der Waals surface area contributed by atoms with Crippen LogP contribution in [0, 0.1) is 11.3 Å². The first-order valence-electron chi connectivity index (χ1n) is 12.7. The minimum atomic E-state index is -3.77. The number of piperidine rings is 1. The summed E-state index contributed by atoms with van der Waals surface area (Å²) in [6, 6.07) is 28.9. The maximum absolute atomic E-state index is 14.2. The fourth-order valence-corrected chi connectivity index (χ4v) is 7.01. The van der Waals surface area contributed by atoms with E-state index in [-0.39, 0.29) is 10.9 Å². The van der Waals surface area contributed by atoms with Crippen molar-refractivity contribution in [2.24, 2.45) is 0 Å². The molecule has 0 aliphatic carbocycles. The van der Waals surface area contributed by atoms with Crippen LogP contribution >= 0.6 is 0 Å². The largest absolute Gasteiger partial charge is 0.299 e. The molecule has 0 spiro atoms. The lowest BCUT2D eigenvalue weighted by atomic mass is 10.0. The molecule has 0 amide bonds. The molecule has 5 rings (SSSR count). The maximum atomic E-state index is 14.2. The van der Waals surface area contributed by atoms with Crippen LogP contribution in [-0.4, -0.2) is 48.3 Å². The smallest absolute Gasteiger partial charge is 0.245 e. The first-order chi connectivity index (χ1) is 18.0. The monoisotopic (exact) mass is 510 g/mol. The van der Waals surface area contributed by atoms with Gasteiger partial charge < -0.3 is 0 Å². The van der Waals surface area contributed by atoms with Crippen LogP contribution in [0.1, 0.15) is 29.5 Å². The van der Waals surface area contributed by atoms with Gasteiger partial charge in [0.25, 0.3) is 0 Å². The summed E-state index contributed by atoms with van der Waals surface area (Å²) >= 11 is 0. The summed E-state index contributed by atoms with van der Waals surface area (Å²) in [7, 11) is -3.77. The molecule has 0 bridgehead atoms. The second kappa shape index (κ2) is 11.2. The molecule has 0 saturated carbocycles. The van der Waals surface area contributed by atoms with Gasteiger partial charge in [-0.15, -0.1) is 0 Å². The average molecular weight is 511 g/mol. The molecule has 4 aromatic rings. The van der Waals surface area contributed by atoms with E-state index in [1.165, 1.54) is 0 Å². The first-order valence-corrected chi connectivity index (χ1v) is 14.1. The Kier molecular flexibility index (Phi) is 7.61. The fourth-order valence-electron chi connectivity index (χ4n) is 5.16. The summed E-state index contributed by atoms with van der Waals surface area (Å²) in [5.41, 5.74) is 3.40. The van der Waals surface area contributed by atoms with Crippen LogP contribution in [0.4, 0.5) is 0 Å². The van der Waals surface area contributed by atoms with Crippen LogP contribution in [0.3, 0.4) is 0 Å². The number of sulfonamides is 1. The van der Waals surface area contributed by atoms with Crippen LogP contribution in [0.25, 0.3) is 10.9 Å². The third-order valence-electron chi connectivity index (χ3n) is 7.07. The van der Waals surface area contributed by atoms with E-state index in [4.69, 9.17) is 0 Å². The topological polar surface area (TPSA) is 77.3 Å². The van der Waals surface area contributed by atoms with Crippen LogP contribution in [-0.2, 0) is 23.0 Å². The normalized spacial score (nSPS) is 15.1. The lowest BCUT2D eigenvalue weighted by molar-refractivity contribution is 0.154. The number of likely N-dealkylation sites (tertiary alicyclic amines) is 1. The van der Waals surface area contributed by atoms with Crippen molar-refractivity contribution in [1.29, 1.82) is 5.26 Å². The van der Waals surface area contributed by atoms with E-state index in [1.54, 1.807) is 22.6 Å². The molecule has 1 aromatic heterocycles. The Labute approximate surface area is 218 Å². The zero-order chi connectivity index (χ0) is 25.7. The molecule has 0 unspecified atom stereocenters. The van der Waals surface area contributed by atoms with Crippen molar-refractivity contribution in [3.8, 4) is 6.07 Å². The van der Waals surface area contributed by atoms with E-state index in [0.29, 0.717) is 24.0 Å². The Morgan fingerprint density at radius 1 is 0.919 bits per heavy atom. The Morgan fingerprint density at radius 3 is 2.43 bits per heavy atom. The van der Waals surface area contributed by atoms with Crippen molar-refractivity contribution in [1.82, 2.24) is 14.2 Å². The van der Waals surface area contributed by atoms with E-state index in [9.17, 15) is 13.7 Å². The molecule has 0 radical (unpaired) electrons. The standard InChI is InChI=1S/C30H30N4O2S/c31-22-25-9-4-10-26(21-25)23-33-18-15-28(16-19-33)34(20-14-24-7-2-1-3-8-24)37(35,36)29-13-5-11-27-12-6-17-32-30(27)29/h1-13,17,21,28H,14-16,18-20,23H2. The number of aromatic nitrogens is 1. The molecule has 7 heteroatoms. The van der Waals surface area contributed by atoms with Crippen molar-refractivity contribution in [2.45, 2.75) is 36.7 Å². The average Bonchev–Trinajstić information content (AvgIpc) is 2.94.